The average molecular weight is 528 g/mol. The van der Waals surface area contributed by atoms with Gasteiger partial charge in [-0.1, -0.05) is 35.7 Å². The highest BCUT2D eigenvalue weighted by Crippen LogP contribution is 2.33. The van der Waals surface area contributed by atoms with Crippen molar-refractivity contribution in [1.29, 1.82) is 0 Å². The first-order valence-electron chi connectivity index (χ1n) is 11.8. The zero-order chi connectivity index (χ0) is 26.5. The maximum atomic E-state index is 12.7. The fourth-order valence-electron chi connectivity index (χ4n) is 4.33. The molecule has 3 aromatic rings. The lowest BCUT2D eigenvalue weighted by Crippen LogP contribution is -2.36. The minimum Gasteiger partial charge on any atom is -0.481 e. The molecule has 0 radical (unpaired) electrons. The van der Waals surface area contributed by atoms with E-state index in [1.54, 1.807) is 38.1 Å². The zero-order valence-electron chi connectivity index (χ0n) is 20.2. The first kappa shape index (κ1) is 26.1. The van der Waals surface area contributed by atoms with Crippen LogP contribution in [0, 0.1) is 18.8 Å². The third kappa shape index (κ3) is 6.05. The van der Waals surface area contributed by atoms with Crippen molar-refractivity contribution in [1.82, 2.24) is 15.1 Å². The second-order valence-electron chi connectivity index (χ2n) is 8.79. The van der Waals surface area contributed by atoms with E-state index in [4.69, 9.17) is 20.9 Å². The number of nitrogens with zero attached hydrogens (tertiary/aromatic N) is 3. The van der Waals surface area contributed by atoms with Gasteiger partial charge in [-0.15, -0.1) is 0 Å². The third-order valence-electron chi connectivity index (χ3n) is 6.28. The van der Waals surface area contributed by atoms with Crippen LogP contribution in [0.1, 0.15) is 50.0 Å². The van der Waals surface area contributed by atoms with Crippen molar-refractivity contribution in [3.05, 3.63) is 53.1 Å². The predicted molar refractivity (Wildman–Crippen MR) is 134 cm³/mol. The molecular formula is C25H26ClN5O6. The second kappa shape index (κ2) is 11.4. The summed E-state index contributed by atoms with van der Waals surface area (Å²) >= 11 is 6.08. The van der Waals surface area contributed by atoms with Gasteiger partial charge in [-0.05, 0) is 44.9 Å². The molecule has 3 atom stereocenters. The Hall–Kier alpha value is -3.99. The van der Waals surface area contributed by atoms with E-state index in [-0.39, 0.29) is 22.5 Å². The summed E-state index contributed by atoms with van der Waals surface area (Å²) in [6.45, 7) is 3.33. The number of halogens is 1. The number of carboxylic acids is 1. The molecule has 3 heterocycles. The lowest BCUT2D eigenvalue weighted by molar-refractivity contribution is -0.147. The maximum absolute atomic E-state index is 12.7. The number of aryl methyl sites for hydroxylation is 1. The van der Waals surface area contributed by atoms with Gasteiger partial charge in [-0.2, -0.15) is 0 Å². The van der Waals surface area contributed by atoms with Crippen molar-refractivity contribution in [2.45, 2.75) is 45.6 Å². The lowest BCUT2D eigenvalue weighted by atomic mass is 9.78. The fraction of sp³-hybridized carbons (Fsp3) is 0.360. The summed E-state index contributed by atoms with van der Waals surface area (Å²) in [6, 6.07) is 6.62. The van der Waals surface area contributed by atoms with Crippen LogP contribution in [-0.2, 0) is 14.3 Å². The molecule has 4 rings (SSSR count). The van der Waals surface area contributed by atoms with E-state index >= 15 is 0 Å². The SMILES string of the molecule is Cc1noc(-c2ccc(NC(=O)[C@H]3CCCC[C@@H]3C(=O)O)cn2)c1NC(=O)OC(C)c1cccnc1Cl. The number of ether oxygens (including phenoxy) is 1. The highest BCUT2D eigenvalue weighted by Gasteiger charge is 2.35. The molecule has 3 N–H and O–H groups in total. The molecule has 0 bridgehead atoms. The van der Waals surface area contributed by atoms with Gasteiger partial charge in [0.15, 0.2) is 0 Å². The lowest BCUT2D eigenvalue weighted by Gasteiger charge is -2.27. The fourth-order valence-corrected chi connectivity index (χ4v) is 4.60. The van der Waals surface area contributed by atoms with Crippen molar-refractivity contribution < 1.29 is 28.8 Å². The Balaban J connectivity index is 1.43. The Bertz CT molecular complexity index is 1290. The van der Waals surface area contributed by atoms with Crippen LogP contribution in [0.15, 0.2) is 41.2 Å². The van der Waals surface area contributed by atoms with Crippen LogP contribution in [0.5, 0.6) is 0 Å². The number of carbonyl (C=O) groups is 3. The smallest absolute Gasteiger partial charge is 0.412 e. The number of aliphatic carboxylic acids is 1. The topological polar surface area (TPSA) is 157 Å². The summed E-state index contributed by atoms with van der Waals surface area (Å²) in [5.74, 6) is -2.37. The van der Waals surface area contributed by atoms with Gasteiger partial charge in [0.25, 0.3) is 0 Å². The number of rotatable bonds is 7. The second-order valence-corrected chi connectivity index (χ2v) is 9.14. The van der Waals surface area contributed by atoms with Crippen LogP contribution in [0.4, 0.5) is 16.2 Å². The van der Waals surface area contributed by atoms with Crippen LogP contribution in [0.2, 0.25) is 5.15 Å². The van der Waals surface area contributed by atoms with Gasteiger partial charge in [-0.3, -0.25) is 19.9 Å². The summed E-state index contributed by atoms with van der Waals surface area (Å²) in [7, 11) is 0. The van der Waals surface area contributed by atoms with E-state index in [9.17, 15) is 19.5 Å². The number of hydrogen-bond donors (Lipinski definition) is 3. The van der Waals surface area contributed by atoms with Crippen LogP contribution in [0.3, 0.4) is 0 Å². The summed E-state index contributed by atoms with van der Waals surface area (Å²) in [6.07, 6.45) is 4.20. The number of pyridine rings is 2. The van der Waals surface area contributed by atoms with Crippen LogP contribution in [-0.4, -0.2) is 38.2 Å². The number of aromatic nitrogens is 3. The quantitative estimate of drug-likeness (QED) is 0.350. The van der Waals surface area contributed by atoms with Crippen LogP contribution >= 0.6 is 11.6 Å². The minimum absolute atomic E-state index is 0.206. The van der Waals surface area contributed by atoms with Gasteiger partial charge in [0, 0.05) is 11.8 Å². The highest BCUT2D eigenvalue weighted by molar-refractivity contribution is 6.30. The van der Waals surface area contributed by atoms with E-state index in [1.807, 2.05) is 0 Å². The highest BCUT2D eigenvalue weighted by atomic mass is 35.5. The Labute approximate surface area is 217 Å². The summed E-state index contributed by atoms with van der Waals surface area (Å²) in [5.41, 5.74) is 2.03. The first-order valence-corrected chi connectivity index (χ1v) is 12.2. The molecular weight excluding hydrogens is 502 g/mol. The van der Waals surface area contributed by atoms with Gasteiger partial charge in [-0.25, -0.2) is 9.78 Å². The Kier molecular flexibility index (Phi) is 8.02. The molecule has 3 aromatic heterocycles. The van der Waals surface area contributed by atoms with Gasteiger partial charge < -0.3 is 19.7 Å². The van der Waals surface area contributed by atoms with E-state index in [1.165, 1.54) is 12.4 Å². The molecule has 1 unspecified atom stereocenters. The number of carboxylic acid groups (broad SMARTS) is 1. The maximum Gasteiger partial charge on any atom is 0.412 e. The molecule has 2 amide bonds. The van der Waals surface area contributed by atoms with Crippen molar-refractivity contribution in [3.8, 4) is 11.5 Å². The molecule has 12 heteroatoms. The summed E-state index contributed by atoms with van der Waals surface area (Å²) in [5, 5.41) is 19.0. The number of carbonyl (C=O) groups excluding carboxylic acids is 2. The van der Waals surface area contributed by atoms with Crippen molar-refractivity contribution in [3.63, 3.8) is 0 Å². The Morgan fingerprint density at radius 2 is 1.89 bits per heavy atom. The van der Waals surface area contributed by atoms with Gasteiger partial charge in [0.05, 0.1) is 23.7 Å². The standard InChI is InChI=1S/C25H26ClN5O6/c1-13-20(30-25(35)36-14(2)16-8-5-11-27-22(16)26)21(37-31-13)19-10-9-15(12-28-19)29-23(32)17-6-3-4-7-18(17)24(33)34/h5,8-12,14,17-18H,3-4,6-7H2,1-2H3,(H,29,32)(H,30,35)(H,33,34)/t14?,17-,18-/m0/s1. The summed E-state index contributed by atoms with van der Waals surface area (Å²) in [4.78, 5) is 45.1. The third-order valence-corrected chi connectivity index (χ3v) is 6.60. The normalized spacial score (nSPS) is 18.0. The van der Waals surface area contributed by atoms with Crippen molar-refractivity contribution in [2.75, 3.05) is 10.6 Å². The molecule has 11 nitrogen and oxygen atoms in total. The van der Waals surface area contributed by atoms with E-state index in [2.05, 4.69) is 25.8 Å². The molecule has 0 saturated heterocycles. The van der Waals surface area contributed by atoms with Gasteiger partial charge in [0.1, 0.15) is 28.3 Å². The minimum atomic E-state index is -0.953. The van der Waals surface area contributed by atoms with Crippen LogP contribution < -0.4 is 10.6 Å². The Morgan fingerprint density at radius 3 is 2.57 bits per heavy atom. The number of hydrogen-bond acceptors (Lipinski definition) is 8. The predicted octanol–water partition coefficient (Wildman–Crippen LogP) is 5.23. The molecule has 194 valence electrons. The van der Waals surface area contributed by atoms with Crippen LogP contribution in [0.25, 0.3) is 11.5 Å². The molecule has 1 fully saturated rings. The van der Waals surface area contributed by atoms with Crippen molar-refractivity contribution >= 4 is 40.9 Å². The summed E-state index contributed by atoms with van der Waals surface area (Å²) < 4.78 is 10.8. The molecule has 1 saturated carbocycles. The average Bonchev–Trinajstić information content (AvgIpc) is 3.24. The first-order chi connectivity index (χ1) is 17.7. The zero-order valence-corrected chi connectivity index (χ0v) is 21.0. The number of nitrogens with one attached hydrogen (secondary N) is 2. The molecule has 1 aliphatic carbocycles. The molecule has 0 aromatic carbocycles. The van der Waals surface area contributed by atoms with Crippen molar-refractivity contribution in [2.24, 2.45) is 11.8 Å². The largest absolute Gasteiger partial charge is 0.481 e. The number of anilines is 2. The van der Waals surface area contributed by atoms with E-state index < -0.39 is 30.0 Å². The van der Waals surface area contributed by atoms with Gasteiger partial charge >= 0.3 is 12.1 Å². The molecule has 0 spiro atoms. The number of amides is 2. The molecule has 1 aliphatic rings. The Morgan fingerprint density at radius 1 is 1.14 bits per heavy atom. The van der Waals surface area contributed by atoms with E-state index in [0.29, 0.717) is 35.5 Å². The van der Waals surface area contributed by atoms with E-state index in [0.717, 1.165) is 12.8 Å². The molecule has 0 aliphatic heterocycles. The van der Waals surface area contributed by atoms with Gasteiger partial charge in [0.2, 0.25) is 11.7 Å². The molecule has 37 heavy (non-hydrogen) atoms. The monoisotopic (exact) mass is 527 g/mol.